The Morgan fingerprint density at radius 2 is 1.79 bits per heavy atom. The minimum atomic E-state index is -0.131. The zero-order valence-electron chi connectivity index (χ0n) is 12.7. The summed E-state index contributed by atoms with van der Waals surface area (Å²) in [6, 6.07) is 11.9. The van der Waals surface area contributed by atoms with E-state index in [4.69, 9.17) is 28.6 Å². The second-order valence-corrected chi connectivity index (χ2v) is 6.17. The Kier molecular flexibility index (Phi) is 4.76. The Morgan fingerprint density at radius 1 is 1.08 bits per heavy atom. The fourth-order valence-electron chi connectivity index (χ4n) is 2.70. The maximum absolute atomic E-state index is 12.5. The summed E-state index contributed by atoms with van der Waals surface area (Å²) < 4.78 is 3.20. The van der Waals surface area contributed by atoms with Crippen LogP contribution in [0.3, 0.4) is 0 Å². The smallest absolute Gasteiger partial charge is 0.203 e. The van der Waals surface area contributed by atoms with Crippen LogP contribution in [0.1, 0.15) is 10.4 Å². The highest BCUT2D eigenvalue weighted by Crippen LogP contribution is 2.23. The number of Topliss-reactive ketones (excluding diaryl/α,β-unsaturated/α-hetero) is 1. The minimum absolute atomic E-state index is 0.00966. The first-order chi connectivity index (χ1) is 11.5. The highest BCUT2D eigenvalue weighted by atomic mass is 35.5. The predicted molar refractivity (Wildman–Crippen MR) is 93.7 cm³/mol. The third-order valence-electron chi connectivity index (χ3n) is 3.83. The van der Waals surface area contributed by atoms with Crippen LogP contribution in [0.2, 0.25) is 10.0 Å². The van der Waals surface area contributed by atoms with Crippen LogP contribution < -0.4 is 5.62 Å². The summed E-state index contributed by atoms with van der Waals surface area (Å²) in [7, 11) is 0. The maximum atomic E-state index is 12.5. The lowest BCUT2D eigenvalue weighted by Gasteiger charge is -2.04. The fraction of sp³-hybridized carbons (Fsp3) is 0.176. The van der Waals surface area contributed by atoms with Crippen molar-refractivity contribution in [2.75, 3.05) is 6.61 Å². The zero-order valence-corrected chi connectivity index (χ0v) is 14.2. The van der Waals surface area contributed by atoms with E-state index in [-0.39, 0.29) is 31.1 Å². The topological polar surface area (TPSA) is 71.0 Å². The Labute approximate surface area is 148 Å². The number of fused-ring (bicyclic) bond motifs is 1. The van der Waals surface area contributed by atoms with E-state index in [1.807, 2.05) is 6.07 Å². The van der Waals surface area contributed by atoms with E-state index < -0.39 is 0 Å². The Balaban J connectivity index is 2.08. The monoisotopic (exact) mass is 363 g/mol. The number of rotatable bonds is 5. The van der Waals surface area contributed by atoms with Crippen molar-refractivity contribution in [1.82, 2.24) is 9.13 Å². The van der Waals surface area contributed by atoms with Crippen molar-refractivity contribution in [2.24, 2.45) is 0 Å². The second-order valence-electron chi connectivity index (χ2n) is 5.32. The number of halogens is 2. The quantitative estimate of drug-likeness (QED) is 0.683. The number of ketones is 1. The van der Waals surface area contributed by atoms with E-state index in [0.717, 1.165) is 0 Å². The van der Waals surface area contributed by atoms with Crippen molar-refractivity contribution >= 4 is 40.0 Å². The maximum Gasteiger partial charge on any atom is 0.203 e. The zero-order chi connectivity index (χ0) is 17.3. The summed E-state index contributed by atoms with van der Waals surface area (Å²) in [6.07, 6.45) is 0. The van der Waals surface area contributed by atoms with Gasteiger partial charge in [0, 0.05) is 17.1 Å². The van der Waals surface area contributed by atoms with Gasteiger partial charge in [-0.2, -0.15) is 0 Å². The van der Waals surface area contributed by atoms with Gasteiger partial charge in [-0.3, -0.25) is 10.2 Å². The van der Waals surface area contributed by atoms with E-state index in [2.05, 4.69) is 0 Å². The van der Waals surface area contributed by atoms with Gasteiger partial charge in [-0.1, -0.05) is 29.3 Å². The number of hydrogen-bond acceptors (Lipinski definition) is 3. The van der Waals surface area contributed by atoms with Gasteiger partial charge in [-0.05, 0) is 36.4 Å². The van der Waals surface area contributed by atoms with Crippen molar-refractivity contribution in [3.63, 3.8) is 0 Å². The van der Waals surface area contributed by atoms with Gasteiger partial charge in [0.05, 0.1) is 29.2 Å². The van der Waals surface area contributed by atoms with Gasteiger partial charge < -0.3 is 14.2 Å². The average molecular weight is 364 g/mol. The van der Waals surface area contributed by atoms with Gasteiger partial charge in [0.15, 0.2) is 5.78 Å². The Morgan fingerprint density at radius 3 is 2.46 bits per heavy atom. The standard InChI is InChI=1S/C17H15Cl2N3O2/c18-12-6-4-11(5-7-12)15(24)10-22-14-3-1-2-13(19)16(14)21(8-9-23)17(22)20/h1-7,20,23H,8-10H2. The summed E-state index contributed by atoms with van der Waals surface area (Å²) >= 11 is 12.1. The lowest BCUT2D eigenvalue weighted by atomic mass is 10.1. The molecule has 0 spiro atoms. The van der Waals surface area contributed by atoms with Crippen molar-refractivity contribution < 1.29 is 9.90 Å². The lowest BCUT2D eigenvalue weighted by molar-refractivity contribution is 0.0971. The van der Waals surface area contributed by atoms with Crippen LogP contribution in [-0.4, -0.2) is 26.6 Å². The van der Waals surface area contributed by atoms with E-state index >= 15 is 0 Å². The number of imidazole rings is 1. The van der Waals surface area contributed by atoms with Gasteiger partial charge in [-0.25, -0.2) is 0 Å². The molecular formula is C17H15Cl2N3O2. The van der Waals surface area contributed by atoms with Gasteiger partial charge in [0.2, 0.25) is 5.62 Å². The van der Waals surface area contributed by atoms with Crippen LogP contribution in [0.15, 0.2) is 42.5 Å². The number of aliphatic hydroxyl groups excluding tert-OH is 1. The number of aliphatic hydroxyl groups is 1. The van der Waals surface area contributed by atoms with Gasteiger partial charge in [0.1, 0.15) is 0 Å². The molecule has 0 aliphatic carbocycles. The molecule has 0 bridgehead atoms. The SMILES string of the molecule is N=c1n(CC(=O)c2ccc(Cl)cc2)c2cccc(Cl)c2n1CCO. The van der Waals surface area contributed by atoms with E-state index in [1.165, 1.54) is 0 Å². The average Bonchev–Trinajstić information content (AvgIpc) is 2.83. The molecule has 5 nitrogen and oxygen atoms in total. The number of nitrogens with zero attached hydrogens (tertiary/aromatic N) is 2. The van der Waals surface area contributed by atoms with Gasteiger partial charge >= 0.3 is 0 Å². The molecule has 0 radical (unpaired) electrons. The predicted octanol–water partition coefficient (Wildman–Crippen LogP) is 3.10. The van der Waals surface area contributed by atoms with Gasteiger partial charge in [0.25, 0.3) is 0 Å². The lowest BCUT2D eigenvalue weighted by Crippen LogP contribution is -2.28. The van der Waals surface area contributed by atoms with E-state index in [0.29, 0.717) is 26.6 Å². The van der Waals surface area contributed by atoms with Crippen LogP contribution >= 0.6 is 23.2 Å². The highest BCUT2D eigenvalue weighted by molar-refractivity contribution is 6.35. The molecule has 0 amide bonds. The largest absolute Gasteiger partial charge is 0.395 e. The minimum Gasteiger partial charge on any atom is -0.395 e. The van der Waals surface area contributed by atoms with Crippen LogP contribution in [0.25, 0.3) is 11.0 Å². The van der Waals surface area contributed by atoms with Crippen LogP contribution in [-0.2, 0) is 13.1 Å². The van der Waals surface area contributed by atoms with E-state index in [9.17, 15) is 9.90 Å². The summed E-state index contributed by atoms with van der Waals surface area (Å²) in [6.45, 7) is 0.128. The molecule has 0 saturated heterocycles. The normalized spacial score (nSPS) is 11.1. The van der Waals surface area contributed by atoms with Crippen molar-refractivity contribution in [3.8, 4) is 0 Å². The number of carbonyl (C=O) groups is 1. The molecule has 3 aromatic rings. The highest BCUT2D eigenvalue weighted by Gasteiger charge is 2.16. The molecule has 0 fully saturated rings. The summed E-state index contributed by atoms with van der Waals surface area (Å²) in [4.78, 5) is 12.5. The molecular weight excluding hydrogens is 349 g/mol. The molecule has 0 aliphatic rings. The van der Waals surface area contributed by atoms with Crippen LogP contribution in [0.5, 0.6) is 0 Å². The molecule has 0 unspecified atom stereocenters. The summed E-state index contributed by atoms with van der Waals surface area (Å²) in [5.41, 5.74) is 1.97. The molecule has 7 heteroatoms. The molecule has 2 N–H and O–H groups in total. The molecule has 124 valence electrons. The van der Waals surface area contributed by atoms with Crippen molar-refractivity contribution in [3.05, 3.63) is 63.7 Å². The number of benzene rings is 2. The number of hydrogen-bond donors (Lipinski definition) is 2. The molecule has 24 heavy (non-hydrogen) atoms. The fourth-order valence-corrected chi connectivity index (χ4v) is 3.10. The molecule has 1 aromatic heterocycles. The third kappa shape index (κ3) is 2.98. The molecule has 0 saturated carbocycles. The van der Waals surface area contributed by atoms with Gasteiger partial charge in [-0.15, -0.1) is 0 Å². The van der Waals surface area contributed by atoms with Crippen molar-refractivity contribution in [2.45, 2.75) is 13.1 Å². The first-order valence-corrected chi connectivity index (χ1v) is 8.10. The Hall–Kier alpha value is -2.08. The molecule has 1 heterocycles. The van der Waals surface area contributed by atoms with Crippen LogP contribution in [0.4, 0.5) is 0 Å². The molecule has 3 rings (SSSR count). The van der Waals surface area contributed by atoms with Crippen molar-refractivity contribution in [1.29, 1.82) is 5.41 Å². The number of nitrogens with one attached hydrogen (secondary N) is 1. The number of para-hydroxylation sites is 1. The molecule has 0 atom stereocenters. The van der Waals surface area contributed by atoms with E-state index in [1.54, 1.807) is 45.5 Å². The summed E-state index contributed by atoms with van der Waals surface area (Å²) in [5, 5.41) is 18.6. The molecule has 0 aliphatic heterocycles. The number of carbonyl (C=O) groups excluding carboxylic acids is 1. The third-order valence-corrected chi connectivity index (χ3v) is 4.39. The molecule has 2 aromatic carbocycles. The Bertz CT molecular complexity index is 958. The number of aromatic nitrogens is 2. The first-order valence-electron chi connectivity index (χ1n) is 7.34. The summed E-state index contributed by atoms with van der Waals surface area (Å²) in [5.74, 6) is -0.131. The second kappa shape index (κ2) is 6.81. The first kappa shape index (κ1) is 16.8. The van der Waals surface area contributed by atoms with Crippen LogP contribution in [0, 0.1) is 5.41 Å².